The molecule has 31 heavy (non-hydrogen) atoms. The predicted octanol–water partition coefficient (Wildman–Crippen LogP) is 5.49. The highest BCUT2D eigenvalue weighted by Crippen LogP contribution is 2.31. The van der Waals surface area contributed by atoms with Crippen LogP contribution in [0.15, 0.2) is 53.5 Å². The lowest BCUT2D eigenvalue weighted by Gasteiger charge is -2.30. The van der Waals surface area contributed by atoms with Gasteiger partial charge in [-0.3, -0.25) is 14.5 Å². The Hall–Kier alpha value is -2.36. The summed E-state index contributed by atoms with van der Waals surface area (Å²) >= 11 is 11.8. The SMILES string of the molecule is CCN1C(=O)CC(C(=O)Nc2ccc(OC(F)(F)Cl)cc2)SC1=Nc1ccc(Cl)cc1. The second kappa shape index (κ2) is 9.84. The smallest absolute Gasteiger partial charge is 0.420 e. The number of carbonyl (C=O) groups excluding carboxylic acids is 2. The largest absolute Gasteiger partial charge is 0.487 e. The van der Waals surface area contributed by atoms with Crippen molar-refractivity contribution in [2.45, 2.75) is 24.2 Å². The van der Waals surface area contributed by atoms with Crippen LogP contribution in [-0.2, 0) is 9.59 Å². The van der Waals surface area contributed by atoms with E-state index >= 15 is 0 Å². The number of carbonyl (C=O) groups is 2. The van der Waals surface area contributed by atoms with E-state index in [1.165, 1.54) is 40.9 Å². The molecule has 1 heterocycles. The fraction of sp³-hybridized carbons (Fsp3) is 0.250. The number of amidine groups is 1. The van der Waals surface area contributed by atoms with E-state index in [1.807, 2.05) is 6.92 Å². The number of rotatable bonds is 6. The van der Waals surface area contributed by atoms with E-state index in [0.29, 0.717) is 28.1 Å². The number of hydrogen-bond donors (Lipinski definition) is 1. The van der Waals surface area contributed by atoms with Gasteiger partial charge in [-0.25, -0.2) is 4.99 Å². The summed E-state index contributed by atoms with van der Waals surface area (Å²) in [5.41, 5.74) is -2.86. The number of amides is 2. The van der Waals surface area contributed by atoms with E-state index in [-0.39, 0.29) is 18.1 Å². The Bertz CT molecular complexity index is 983. The van der Waals surface area contributed by atoms with Crippen molar-refractivity contribution in [2.75, 3.05) is 11.9 Å². The lowest BCUT2D eigenvalue weighted by Crippen LogP contribution is -2.45. The summed E-state index contributed by atoms with van der Waals surface area (Å²) in [6.45, 7) is 2.24. The molecule has 2 amide bonds. The standard InChI is InChI=1S/C20H17Cl2F2N3O3S/c1-2-27-17(28)11-16(31-19(27)26-14-5-3-12(21)4-6-14)18(29)25-13-7-9-15(10-8-13)30-20(22,23)24/h3-10,16H,2,11H2,1H3,(H,25,29). The van der Waals surface area contributed by atoms with Crippen LogP contribution in [0.5, 0.6) is 5.75 Å². The van der Waals surface area contributed by atoms with Gasteiger partial charge in [-0.1, -0.05) is 23.4 Å². The average molecular weight is 488 g/mol. The molecule has 0 aliphatic carbocycles. The molecule has 3 rings (SSSR count). The quantitative estimate of drug-likeness (QED) is 0.547. The molecule has 2 aromatic carbocycles. The molecule has 1 N–H and O–H groups in total. The van der Waals surface area contributed by atoms with Crippen molar-refractivity contribution in [1.82, 2.24) is 4.90 Å². The third kappa shape index (κ3) is 6.56. The summed E-state index contributed by atoms with van der Waals surface area (Å²) in [4.78, 5) is 31.3. The number of alkyl halides is 3. The minimum Gasteiger partial charge on any atom is -0.420 e. The van der Waals surface area contributed by atoms with Crippen LogP contribution in [0.25, 0.3) is 0 Å². The number of nitrogens with one attached hydrogen (secondary N) is 1. The maximum absolute atomic E-state index is 12.7. The number of ether oxygens (including phenoxy) is 1. The molecular weight excluding hydrogens is 471 g/mol. The van der Waals surface area contributed by atoms with Gasteiger partial charge < -0.3 is 10.1 Å². The minimum absolute atomic E-state index is 0.00361. The van der Waals surface area contributed by atoms with E-state index in [1.54, 1.807) is 24.3 Å². The summed E-state index contributed by atoms with van der Waals surface area (Å²) in [6.07, 6.45) is 0.00361. The molecule has 1 aliphatic rings. The van der Waals surface area contributed by atoms with Crippen LogP contribution in [0.4, 0.5) is 20.2 Å². The zero-order valence-electron chi connectivity index (χ0n) is 16.1. The van der Waals surface area contributed by atoms with Crippen molar-refractivity contribution < 1.29 is 23.1 Å². The first-order chi connectivity index (χ1) is 14.6. The first-order valence-electron chi connectivity index (χ1n) is 9.12. The summed E-state index contributed by atoms with van der Waals surface area (Å²) in [5, 5.41) is 2.94. The average Bonchev–Trinajstić information content (AvgIpc) is 2.70. The van der Waals surface area contributed by atoms with Crippen LogP contribution >= 0.6 is 35.0 Å². The zero-order valence-corrected chi connectivity index (χ0v) is 18.5. The molecule has 1 unspecified atom stereocenters. The van der Waals surface area contributed by atoms with E-state index in [4.69, 9.17) is 23.2 Å². The molecule has 6 nitrogen and oxygen atoms in total. The summed E-state index contributed by atoms with van der Waals surface area (Å²) < 4.78 is 29.6. The number of hydrogen-bond acceptors (Lipinski definition) is 5. The normalized spacial score (nSPS) is 18.2. The Morgan fingerprint density at radius 2 is 1.90 bits per heavy atom. The summed E-state index contributed by atoms with van der Waals surface area (Å²) in [5.74, 6) is -0.785. The maximum atomic E-state index is 12.7. The molecule has 11 heteroatoms. The Labute approximate surface area is 191 Å². The van der Waals surface area contributed by atoms with Crippen molar-refractivity contribution in [2.24, 2.45) is 4.99 Å². The number of thioether (sulfide) groups is 1. The van der Waals surface area contributed by atoms with E-state index in [2.05, 4.69) is 15.0 Å². The summed E-state index contributed by atoms with van der Waals surface area (Å²) in [7, 11) is 0. The number of halogens is 4. The fourth-order valence-electron chi connectivity index (χ4n) is 2.74. The number of benzene rings is 2. The lowest BCUT2D eigenvalue weighted by molar-refractivity contribution is -0.129. The molecule has 0 bridgehead atoms. The van der Waals surface area contributed by atoms with Gasteiger partial charge in [-0.15, -0.1) is 8.78 Å². The van der Waals surface area contributed by atoms with Gasteiger partial charge in [0.05, 0.1) is 5.69 Å². The second-order valence-corrected chi connectivity index (χ2v) is 8.43. The molecule has 0 spiro atoms. The lowest BCUT2D eigenvalue weighted by atomic mass is 10.2. The molecule has 0 radical (unpaired) electrons. The fourth-order valence-corrected chi connectivity index (χ4v) is 4.12. The number of aliphatic imine (C=N–C) groups is 1. The monoisotopic (exact) mass is 487 g/mol. The van der Waals surface area contributed by atoms with Crippen LogP contribution in [0.1, 0.15) is 13.3 Å². The highest BCUT2D eigenvalue weighted by atomic mass is 35.5. The molecule has 2 aromatic rings. The van der Waals surface area contributed by atoms with Crippen LogP contribution in [0, 0.1) is 0 Å². The third-order valence-electron chi connectivity index (χ3n) is 4.16. The molecule has 0 aromatic heterocycles. The van der Waals surface area contributed by atoms with Crippen molar-refractivity contribution in [3.05, 3.63) is 53.6 Å². The van der Waals surface area contributed by atoms with Crippen molar-refractivity contribution in [1.29, 1.82) is 0 Å². The Morgan fingerprint density at radius 1 is 1.26 bits per heavy atom. The number of anilines is 1. The van der Waals surface area contributed by atoms with Crippen LogP contribution in [0.2, 0.25) is 5.02 Å². The first-order valence-corrected chi connectivity index (χ1v) is 10.8. The molecule has 1 atom stereocenters. The number of nitrogens with zero attached hydrogens (tertiary/aromatic N) is 2. The zero-order chi connectivity index (χ0) is 22.6. The highest BCUT2D eigenvalue weighted by Gasteiger charge is 2.35. The van der Waals surface area contributed by atoms with Gasteiger partial charge in [-0.2, -0.15) is 0 Å². The van der Waals surface area contributed by atoms with Gasteiger partial charge >= 0.3 is 5.57 Å². The molecule has 1 fully saturated rings. The Kier molecular flexibility index (Phi) is 7.40. The topological polar surface area (TPSA) is 71.0 Å². The molecule has 1 saturated heterocycles. The molecular formula is C20H17Cl2F2N3O3S. The maximum Gasteiger partial charge on any atom is 0.487 e. The van der Waals surface area contributed by atoms with Gasteiger partial charge in [0.2, 0.25) is 11.8 Å². The van der Waals surface area contributed by atoms with Crippen LogP contribution < -0.4 is 10.1 Å². The van der Waals surface area contributed by atoms with Crippen LogP contribution in [-0.4, -0.2) is 39.2 Å². The molecule has 1 aliphatic heterocycles. The van der Waals surface area contributed by atoms with Crippen LogP contribution in [0.3, 0.4) is 0 Å². The van der Waals surface area contributed by atoms with E-state index in [9.17, 15) is 18.4 Å². The van der Waals surface area contributed by atoms with E-state index in [0.717, 1.165) is 0 Å². The molecule has 0 saturated carbocycles. The van der Waals surface area contributed by atoms with Crippen molar-refractivity contribution >= 4 is 63.3 Å². The first kappa shape index (κ1) is 23.3. The highest BCUT2D eigenvalue weighted by molar-refractivity contribution is 8.15. The van der Waals surface area contributed by atoms with Gasteiger partial charge in [0, 0.05) is 35.3 Å². The third-order valence-corrected chi connectivity index (χ3v) is 5.67. The minimum atomic E-state index is -3.82. The van der Waals surface area contributed by atoms with Gasteiger partial charge in [0.15, 0.2) is 5.17 Å². The van der Waals surface area contributed by atoms with E-state index < -0.39 is 16.7 Å². The van der Waals surface area contributed by atoms with Gasteiger partial charge in [0.1, 0.15) is 11.0 Å². The van der Waals surface area contributed by atoms with Gasteiger partial charge in [0.25, 0.3) is 0 Å². The molecule has 164 valence electrons. The van der Waals surface area contributed by atoms with Gasteiger partial charge in [-0.05, 0) is 55.5 Å². The predicted molar refractivity (Wildman–Crippen MR) is 118 cm³/mol. The van der Waals surface area contributed by atoms with Crippen molar-refractivity contribution in [3.8, 4) is 5.75 Å². The summed E-state index contributed by atoms with van der Waals surface area (Å²) in [6, 6.07) is 12.1. The van der Waals surface area contributed by atoms with Crippen molar-refractivity contribution in [3.63, 3.8) is 0 Å². The Morgan fingerprint density at radius 3 is 2.48 bits per heavy atom. The second-order valence-electron chi connectivity index (χ2n) is 6.38. The Balaban J connectivity index is 1.72.